The van der Waals surface area contributed by atoms with Crippen molar-refractivity contribution in [3.63, 3.8) is 0 Å². The minimum atomic E-state index is 0.235. The van der Waals surface area contributed by atoms with Gasteiger partial charge in [-0.2, -0.15) is 0 Å². The number of hydrogen-bond donors (Lipinski definition) is 0. The summed E-state index contributed by atoms with van der Waals surface area (Å²) in [7, 11) is 0. The number of thiophene rings is 1. The summed E-state index contributed by atoms with van der Waals surface area (Å²) < 4.78 is 0.863. The summed E-state index contributed by atoms with van der Waals surface area (Å²) in [5, 5.41) is 0. The Hall–Kier alpha value is -0.580. The molecule has 0 N–H and O–H groups in total. The van der Waals surface area contributed by atoms with E-state index in [2.05, 4.69) is 15.9 Å². The lowest BCUT2D eigenvalue weighted by molar-refractivity contribution is -0.130. The molecule has 20 heavy (non-hydrogen) atoms. The highest BCUT2D eigenvalue weighted by atomic mass is 35.5. The fraction of sp³-hybridized carbons (Fsp3) is 0.667. The Labute approximate surface area is 129 Å². The average molecular weight is 313 g/mol. The molecule has 5 heteroatoms. The second-order valence-corrected chi connectivity index (χ2v) is 7.61. The molecule has 2 saturated heterocycles. The van der Waals surface area contributed by atoms with Crippen LogP contribution >= 0.6 is 22.9 Å². The van der Waals surface area contributed by atoms with E-state index in [0.717, 1.165) is 36.8 Å². The molecule has 3 rings (SSSR count). The first-order chi connectivity index (χ1) is 9.65. The van der Waals surface area contributed by atoms with Gasteiger partial charge in [0.2, 0.25) is 5.91 Å². The summed E-state index contributed by atoms with van der Waals surface area (Å²) in [6, 6.07) is 5.05. The van der Waals surface area contributed by atoms with Gasteiger partial charge in [0.25, 0.3) is 0 Å². The maximum Gasteiger partial charge on any atom is 0.219 e. The molecule has 0 spiro atoms. The van der Waals surface area contributed by atoms with Crippen LogP contribution in [0.4, 0.5) is 0 Å². The molecule has 0 bridgehead atoms. The predicted molar refractivity (Wildman–Crippen MR) is 83.2 cm³/mol. The van der Waals surface area contributed by atoms with E-state index >= 15 is 0 Å². The first-order valence-corrected chi connectivity index (χ1v) is 8.60. The van der Waals surface area contributed by atoms with E-state index in [0.29, 0.717) is 12.1 Å². The number of carbonyl (C=O) groups is 1. The van der Waals surface area contributed by atoms with E-state index in [1.54, 1.807) is 18.3 Å². The van der Waals surface area contributed by atoms with E-state index in [1.807, 2.05) is 6.07 Å². The second kappa shape index (κ2) is 6.04. The Morgan fingerprint density at radius 2 is 2.05 bits per heavy atom. The van der Waals surface area contributed by atoms with Gasteiger partial charge in [0.15, 0.2) is 0 Å². The molecule has 2 aliphatic heterocycles. The van der Waals surface area contributed by atoms with Gasteiger partial charge >= 0.3 is 0 Å². The SMILES string of the molecule is CC(=O)N1CCC[C@H]1[C@H]1CCCN1Cc1ccc(Cl)s1. The summed E-state index contributed by atoms with van der Waals surface area (Å²) in [6.45, 7) is 4.76. The van der Waals surface area contributed by atoms with Crippen molar-refractivity contribution in [3.05, 3.63) is 21.3 Å². The van der Waals surface area contributed by atoms with Gasteiger partial charge in [-0.15, -0.1) is 11.3 Å². The molecule has 0 aliphatic carbocycles. The van der Waals surface area contributed by atoms with Gasteiger partial charge in [-0.25, -0.2) is 0 Å². The predicted octanol–water partition coefficient (Wildman–Crippen LogP) is 3.38. The van der Waals surface area contributed by atoms with Gasteiger partial charge in [-0.05, 0) is 44.4 Å². The normalized spacial score (nSPS) is 27.4. The molecule has 2 fully saturated rings. The molecular formula is C15H21ClN2OS. The van der Waals surface area contributed by atoms with Crippen LogP contribution in [0.5, 0.6) is 0 Å². The molecule has 0 saturated carbocycles. The molecule has 110 valence electrons. The minimum absolute atomic E-state index is 0.235. The summed E-state index contributed by atoms with van der Waals surface area (Å²) in [5.74, 6) is 0.235. The number of likely N-dealkylation sites (tertiary alicyclic amines) is 2. The van der Waals surface area contributed by atoms with Crippen molar-refractivity contribution < 1.29 is 4.79 Å². The molecule has 3 nitrogen and oxygen atoms in total. The number of amides is 1. The van der Waals surface area contributed by atoms with Crippen LogP contribution in [-0.4, -0.2) is 40.9 Å². The lowest BCUT2D eigenvalue weighted by atomic mass is 10.0. The van der Waals surface area contributed by atoms with E-state index in [1.165, 1.54) is 17.7 Å². The van der Waals surface area contributed by atoms with Crippen molar-refractivity contribution in [2.24, 2.45) is 0 Å². The van der Waals surface area contributed by atoms with Crippen LogP contribution in [-0.2, 0) is 11.3 Å². The van der Waals surface area contributed by atoms with Gasteiger partial charge in [-0.3, -0.25) is 9.69 Å². The van der Waals surface area contributed by atoms with Crippen LogP contribution in [0.15, 0.2) is 12.1 Å². The van der Waals surface area contributed by atoms with Crippen molar-refractivity contribution in [3.8, 4) is 0 Å². The molecule has 2 atom stereocenters. The quantitative estimate of drug-likeness (QED) is 0.854. The fourth-order valence-corrected chi connectivity index (χ4v) is 4.82. The largest absolute Gasteiger partial charge is 0.338 e. The number of nitrogens with zero attached hydrogens (tertiary/aromatic N) is 2. The highest BCUT2D eigenvalue weighted by Gasteiger charge is 2.38. The smallest absolute Gasteiger partial charge is 0.219 e. The fourth-order valence-electron chi connectivity index (χ4n) is 3.70. The summed E-state index contributed by atoms with van der Waals surface area (Å²) in [6.07, 6.45) is 4.77. The number of rotatable bonds is 3. The minimum Gasteiger partial charge on any atom is -0.338 e. The van der Waals surface area contributed by atoms with Crippen LogP contribution in [0.1, 0.15) is 37.5 Å². The second-order valence-electron chi connectivity index (χ2n) is 5.81. The molecule has 0 radical (unpaired) electrons. The lowest BCUT2D eigenvalue weighted by Gasteiger charge is -2.34. The van der Waals surface area contributed by atoms with Crippen molar-refractivity contribution in [1.82, 2.24) is 9.80 Å². The average Bonchev–Trinajstić information content (AvgIpc) is 3.09. The Morgan fingerprint density at radius 1 is 1.30 bits per heavy atom. The van der Waals surface area contributed by atoms with Crippen LogP contribution in [0.25, 0.3) is 0 Å². The van der Waals surface area contributed by atoms with Crippen molar-refractivity contribution >= 4 is 28.8 Å². The summed E-state index contributed by atoms with van der Waals surface area (Å²) in [4.78, 5) is 17.7. The lowest BCUT2D eigenvalue weighted by Crippen LogP contribution is -2.47. The van der Waals surface area contributed by atoms with Gasteiger partial charge < -0.3 is 4.90 Å². The highest BCUT2D eigenvalue weighted by Crippen LogP contribution is 2.32. The number of hydrogen-bond acceptors (Lipinski definition) is 3. The molecule has 2 aliphatic rings. The van der Waals surface area contributed by atoms with Crippen LogP contribution in [0, 0.1) is 0 Å². The highest BCUT2D eigenvalue weighted by molar-refractivity contribution is 7.16. The zero-order valence-corrected chi connectivity index (χ0v) is 13.4. The molecule has 0 aromatic carbocycles. The van der Waals surface area contributed by atoms with Crippen molar-refractivity contribution in [1.29, 1.82) is 0 Å². The van der Waals surface area contributed by atoms with E-state index in [9.17, 15) is 4.79 Å². The number of halogens is 1. The molecule has 3 heterocycles. The van der Waals surface area contributed by atoms with Crippen LogP contribution in [0.2, 0.25) is 4.34 Å². The van der Waals surface area contributed by atoms with Crippen molar-refractivity contribution in [2.45, 2.75) is 51.2 Å². The van der Waals surface area contributed by atoms with Gasteiger partial charge in [0, 0.05) is 37.0 Å². The Bertz CT molecular complexity index is 490. The monoisotopic (exact) mass is 312 g/mol. The zero-order chi connectivity index (χ0) is 14.1. The maximum atomic E-state index is 11.8. The summed E-state index contributed by atoms with van der Waals surface area (Å²) in [5.41, 5.74) is 0. The van der Waals surface area contributed by atoms with Crippen molar-refractivity contribution in [2.75, 3.05) is 13.1 Å². The van der Waals surface area contributed by atoms with Gasteiger partial charge in [0.1, 0.15) is 0 Å². The number of carbonyl (C=O) groups excluding carboxylic acids is 1. The Balaban J connectivity index is 1.70. The first-order valence-electron chi connectivity index (χ1n) is 7.40. The first kappa shape index (κ1) is 14.4. The zero-order valence-electron chi connectivity index (χ0n) is 11.8. The summed E-state index contributed by atoms with van der Waals surface area (Å²) >= 11 is 7.69. The molecular weight excluding hydrogens is 292 g/mol. The van der Waals surface area contributed by atoms with E-state index in [4.69, 9.17) is 11.6 Å². The van der Waals surface area contributed by atoms with Crippen LogP contribution in [0.3, 0.4) is 0 Å². The van der Waals surface area contributed by atoms with Crippen LogP contribution < -0.4 is 0 Å². The Kier molecular flexibility index (Phi) is 4.34. The third kappa shape index (κ3) is 2.87. The van der Waals surface area contributed by atoms with E-state index < -0.39 is 0 Å². The van der Waals surface area contributed by atoms with Gasteiger partial charge in [0.05, 0.1) is 4.34 Å². The van der Waals surface area contributed by atoms with Gasteiger partial charge in [-0.1, -0.05) is 11.6 Å². The molecule has 1 aromatic rings. The molecule has 0 unspecified atom stereocenters. The third-order valence-corrected chi connectivity index (χ3v) is 5.77. The molecule has 1 amide bonds. The standard InChI is InChI=1S/C15H21ClN2OS/c1-11(19)18-9-3-5-14(18)13-4-2-8-17(13)10-12-6-7-15(16)20-12/h6-7,13-14H,2-5,8-10H2,1H3/t13-,14+/m1/s1. The Morgan fingerprint density at radius 3 is 2.75 bits per heavy atom. The third-order valence-electron chi connectivity index (χ3n) is 4.55. The maximum absolute atomic E-state index is 11.8. The topological polar surface area (TPSA) is 23.6 Å². The molecule has 1 aromatic heterocycles. The van der Waals surface area contributed by atoms with E-state index in [-0.39, 0.29) is 5.91 Å².